The Morgan fingerprint density at radius 1 is 1.18 bits per heavy atom. The Kier molecular flexibility index (Phi) is 8.32. The van der Waals surface area contributed by atoms with Gasteiger partial charge in [-0.15, -0.1) is 0 Å². The molecule has 0 saturated carbocycles. The number of nitrogens with zero attached hydrogens (tertiary/aromatic N) is 1. The highest BCUT2D eigenvalue weighted by molar-refractivity contribution is 5.95. The smallest absolute Gasteiger partial charge is 0.326 e. The fourth-order valence-corrected chi connectivity index (χ4v) is 2.82. The number of hydrogen-bond donors (Lipinski definition) is 6. The maximum Gasteiger partial charge on any atom is 0.326 e. The van der Waals surface area contributed by atoms with Crippen molar-refractivity contribution in [2.75, 3.05) is 6.54 Å². The van der Waals surface area contributed by atoms with E-state index < -0.39 is 66.3 Å². The maximum absolute atomic E-state index is 12.8. The van der Waals surface area contributed by atoms with Crippen LogP contribution in [0.3, 0.4) is 0 Å². The lowest BCUT2D eigenvalue weighted by Gasteiger charge is -2.30. The molecular weight excluding hydrogens is 374 g/mol. The molecular formula is C16H27N5O7. The number of carboxylic acid groups (broad SMARTS) is 1. The minimum atomic E-state index is -1.52. The summed E-state index contributed by atoms with van der Waals surface area (Å²) in [5.41, 5.74) is 10.4. The number of carbonyl (C=O) groups is 5. The average Bonchev–Trinajstić information content (AvgIpc) is 3.07. The number of aliphatic hydroxyl groups excluding tert-OH is 1. The number of primary amides is 1. The van der Waals surface area contributed by atoms with Crippen molar-refractivity contribution in [1.82, 2.24) is 15.5 Å². The Bertz CT molecular complexity index is 637. The van der Waals surface area contributed by atoms with Crippen molar-refractivity contribution in [3.8, 4) is 0 Å². The monoisotopic (exact) mass is 401 g/mol. The number of amides is 4. The van der Waals surface area contributed by atoms with Crippen molar-refractivity contribution in [3.63, 3.8) is 0 Å². The highest BCUT2D eigenvalue weighted by Crippen LogP contribution is 2.20. The summed E-state index contributed by atoms with van der Waals surface area (Å²) in [5, 5.41) is 23.5. The molecule has 0 radical (unpaired) electrons. The van der Waals surface area contributed by atoms with Gasteiger partial charge in [-0.2, -0.15) is 0 Å². The Labute approximate surface area is 161 Å². The summed E-state index contributed by atoms with van der Waals surface area (Å²) in [6.07, 6.45) is -1.12. The Morgan fingerprint density at radius 3 is 2.25 bits per heavy atom. The maximum atomic E-state index is 12.8. The normalized spacial score (nSPS) is 20.6. The van der Waals surface area contributed by atoms with E-state index in [0.717, 1.165) is 4.90 Å². The van der Waals surface area contributed by atoms with E-state index in [4.69, 9.17) is 16.6 Å². The zero-order valence-corrected chi connectivity index (χ0v) is 15.8. The minimum absolute atomic E-state index is 0.182. The summed E-state index contributed by atoms with van der Waals surface area (Å²) in [6.45, 7) is 2.90. The van der Waals surface area contributed by atoms with Gasteiger partial charge in [0.05, 0.1) is 18.6 Å². The van der Waals surface area contributed by atoms with E-state index in [2.05, 4.69) is 10.6 Å². The average molecular weight is 401 g/mol. The number of rotatable bonds is 9. The van der Waals surface area contributed by atoms with E-state index in [9.17, 15) is 29.1 Å². The first-order valence-corrected chi connectivity index (χ1v) is 8.81. The molecule has 0 bridgehead atoms. The molecule has 1 saturated heterocycles. The second-order valence-electron chi connectivity index (χ2n) is 6.78. The van der Waals surface area contributed by atoms with Gasteiger partial charge in [-0.05, 0) is 26.7 Å². The molecule has 5 atom stereocenters. The molecule has 28 heavy (non-hydrogen) atoms. The van der Waals surface area contributed by atoms with Crippen LogP contribution in [0, 0.1) is 0 Å². The first-order valence-electron chi connectivity index (χ1n) is 8.81. The van der Waals surface area contributed by atoms with Crippen molar-refractivity contribution in [1.29, 1.82) is 0 Å². The number of nitrogens with two attached hydrogens (primary N) is 2. The summed E-state index contributed by atoms with van der Waals surface area (Å²) in [6, 6.07) is -4.74. The van der Waals surface area contributed by atoms with Crippen LogP contribution in [0.25, 0.3) is 0 Å². The minimum Gasteiger partial charge on any atom is -0.480 e. The number of aliphatic carboxylic acids is 1. The highest BCUT2D eigenvalue weighted by Gasteiger charge is 2.40. The largest absolute Gasteiger partial charge is 0.480 e. The van der Waals surface area contributed by atoms with Gasteiger partial charge in [0.25, 0.3) is 0 Å². The first-order chi connectivity index (χ1) is 13.0. The third-order valence-electron chi connectivity index (χ3n) is 4.32. The van der Waals surface area contributed by atoms with Gasteiger partial charge in [0.1, 0.15) is 18.1 Å². The SMILES string of the molecule is CC(N)C(=O)NC(C(=O)N1CCCC1C(=O)NC(CC(N)=O)C(=O)O)C(C)O. The van der Waals surface area contributed by atoms with E-state index >= 15 is 0 Å². The van der Waals surface area contributed by atoms with Gasteiger partial charge >= 0.3 is 5.97 Å². The molecule has 1 aliphatic heterocycles. The van der Waals surface area contributed by atoms with Crippen LogP contribution in [0.15, 0.2) is 0 Å². The number of likely N-dealkylation sites (tertiary alicyclic amines) is 1. The zero-order chi connectivity index (χ0) is 21.6. The molecule has 8 N–H and O–H groups in total. The fourth-order valence-electron chi connectivity index (χ4n) is 2.82. The Balaban J connectivity index is 2.92. The molecule has 0 aromatic rings. The third kappa shape index (κ3) is 6.16. The summed E-state index contributed by atoms with van der Waals surface area (Å²) in [7, 11) is 0. The number of hydrogen-bond acceptors (Lipinski definition) is 7. The molecule has 1 heterocycles. The summed E-state index contributed by atoms with van der Waals surface area (Å²) < 4.78 is 0. The van der Waals surface area contributed by atoms with E-state index in [1.54, 1.807) is 0 Å². The lowest BCUT2D eigenvalue weighted by molar-refractivity contribution is -0.146. The second kappa shape index (κ2) is 9.99. The summed E-state index contributed by atoms with van der Waals surface area (Å²) in [5.74, 6) is -4.44. The van der Waals surface area contributed by atoms with E-state index in [-0.39, 0.29) is 13.0 Å². The Hall–Kier alpha value is -2.73. The molecule has 1 fully saturated rings. The van der Waals surface area contributed by atoms with Crippen LogP contribution in [-0.4, -0.2) is 81.5 Å². The number of aliphatic hydroxyl groups is 1. The van der Waals surface area contributed by atoms with Crippen molar-refractivity contribution in [3.05, 3.63) is 0 Å². The topological polar surface area (TPSA) is 205 Å². The van der Waals surface area contributed by atoms with E-state index in [0.29, 0.717) is 6.42 Å². The van der Waals surface area contributed by atoms with Crippen LogP contribution in [-0.2, 0) is 24.0 Å². The first kappa shape index (κ1) is 23.3. The van der Waals surface area contributed by atoms with E-state index in [1.165, 1.54) is 13.8 Å². The van der Waals surface area contributed by atoms with Crippen LogP contribution in [0.2, 0.25) is 0 Å². The van der Waals surface area contributed by atoms with Crippen molar-refractivity contribution in [2.24, 2.45) is 11.5 Å². The van der Waals surface area contributed by atoms with Gasteiger partial charge in [0, 0.05) is 6.54 Å². The van der Waals surface area contributed by atoms with Crippen LogP contribution in [0.1, 0.15) is 33.1 Å². The summed E-state index contributed by atoms with van der Waals surface area (Å²) >= 11 is 0. The lowest BCUT2D eigenvalue weighted by Crippen LogP contribution is -2.59. The van der Waals surface area contributed by atoms with Gasteiger partial charge in [-0.3, -0.25) is 19.2 Å². The van der Waals surface area contributed by atoms with Gasteiger partial charge in [-0.1, -0.05) is 0 Å². The highest BCUT2D eigenvalue weighted by atomic mass is 16.4. The van der Waals surface area contributed by atoms with E-state index in [1.807, 2.05) is 0 Å². The predicted molar refractivity (Wildman–Crippen MR) is 95.4 cm³/mol. The molecule has 158 valence electrons. The van der Waals surface area contributed by atoms with Crippen LogP contribution < -0.4 is 22.1 Å². The molecule has 5 unspecified atom stereocenters. The molecule has 0 aromatic heterocycles. The number of nitrogens with one attached hydrogen (secondary N) is 2. The molecule has 4 amide bonds. The lowest BCUT2D eigenvalue weighted by atomic mass is 10.1. The number of carboxylic acids is 1. The molecule has 0 spiro atoms. The van der Waals surface area contributed by atoms with Crippen LogP contribution >= 0.6 is 0 Å². The van der Waals surface area contributed by atoms with Gasteiger partial charge in [-0.25, -0.2) is 4.79 Å². The van der Waals surface area contributed by atoms with Crippen molar-refractivity contribution >= 4 is 29.6 Å². The van der Waals surface area contributed by atoms with Gasteiger partial charge in [0.2, 0.25) is 23.6 Å². The summed E-state index contributed by atoms with van der Waals surface area (Å²) in [4.78, 5) is 60.4. The van der Waals surface area contributed by atoms with Crippen LogP contribution in [0.5, 0.6) is 0 Å². The quantitative estimate of drug-likeness (QED) is 0.229. The second-order valence-corrected chi connectivity index (χ2v) is 6.78. The predicted octanol–water partition coefficient (Wildman–Crippen LogP) is -3.36. The third-order valence-corrected chi connectivity index (χ3v) is 4.32. The van der Waals surface area contributed by atoms with Crippen LogP contribution in [0.4, 0.5) is 0 Å². The van der Waals surface area contributed by atoms with Gasteiger partial charge in [0.15, 0.2) is 0 Å². The van der Waals surface area contributed by atoms with Crippen molar-refractivity contribution < 1.29 is 34.2 Å². The molecule has 12 nitrogen and oxygen atoms in total. The molecule has 0 aliphatic carbocycles. The Morgan fingerprint density at radius 2 is 1.79 bits per heavy atom. The van der Waals surface area contributed by atoms with Gasteiger partial charge < -0.3 is 37.2 Å². The molecule has 1 aliphatic rings. The molecule has 12 heteroatoms. The standard InChI is InChI=1S/C16H27N5O7/c1-7(17)13(24)20-12(8(2)22)15(26)21-5-3-4-10(21)14(25)19-9(16(27)28)6-11(18)23/h7-10,12,22H,3-6,17H2,1-2H3,(H2,18,23)(H,19,25)(H,20,24)(H,27,28). The number of carbonyl (C=O) groups excluding carboxylic acids is 4. The molecule has 1 rings (SSSR count). The molecule has 0 aromatic carbocycles. The fraction of sp³-hybridized carbons (Fsp3) is 0.688. The van der Waals surface area contributed by atoms with Crippen molar-refractivity contribution in [2.45, 2.75) is 63.4 Å². The zero-order valence-electron chi connectivity index (χ0n) is 15.8.